The lowest BCUT2D eigenvalue weighted by atomic mass is 10.2. The molecule has 1 aromatic heterocycles. The fourth-order valence-electron chi connectivity index (χ4n) is 2.72. The lowest BCUT2D eigenvalue weighted by molar-refractivity contribution is -0.274. The van der Waals surface area contributed by atoms with Gasteiger partial charge in [0.25, 0.3) is 0 Å². The van der Waals surface area contributed by atoms with Gasteiger partial charge in [0.15, 0.2) is 0 Å². The van der Waals surface area contributed by atoms with Gasteiger partial charge < -0.3 is 9.64 Å². The molecule has 0 aromatic carbocycles. The number of likely N-dealkylation sites (N-methyl/N-ethyl adjacent to an activating group) is 2. The number of nitrogens with zero attached hydrogens (tertiary/aromatic N) is 3. The monoisotopic (exact) mass is 303 g/mol. The van der Waals surface area contributed by atoms with Crippen molar-refractivity contribution in [3.63, 3.8) is 0 Å². The number of hydrogen-bond acceptors (Lipinski definition) is 4. The third-order valence-corrected chi connectivity index (χ3v) is 3.74. The van der Waals surface area contributed by atoms with Gasteiger partial charge in [0, 0.05) is 19.6 Å². The quantitative estimate of drug-likeness (QED) is 0.836. The molecule has 0 bridgehead atoms. The summed E-state index contributed by atoms with van der Waals surface area (Å²) in [7, 11) is 1.90. The normalized spacial score (nSPS) is 19.8. The maximum absolute atomic E-state index is 12.1. The van der Waals surface area contributed by atoms with Crippen LogP contribution in [-0.4, -0.2) is 49.0 Å². The third kappa shape index (κ3) is 4.49. The Morgan fingerprint density at radius 1 is 1.43 bits per heavy atom. The molecule has 0 saturated carbocycles. The van der Waals surface area contributed by atoms with E-state index in [4.69, 9.17) is 0 Å². The maximum Gasteiger partial charge on any atom is 0.573 e. The number of aromatic nitrogens is 1. The van der Waals surface area contributed by atoms with Crippen molar-refractivity contribution in [3.8, 4) is 5.75 Å². The molecular weight excluding hydrogens is 283 g/mol. The largest absolute Gasteiger partial charge is 0.573 e. The predicted octanol–water partition coefficient (Wildman–Crippen LogP) is 2.90. The number of rotatable bonds is 5. The van der Waals surface area contributed by atoms with Crippen molar-refractivity contribution in [2.75, 3.05) is 31.6 Å². The fourth-order valence-corrected chi connectivity index (χ4v) is 2.72. The number of hydrogen-bond donors (Lipinski definition) is 0. The van der Waals surface area contributed by atoms with Gasteiger partial charge in [-0.2, -0.15) is 0 Å². The molecule has 1 aliphatic rings. The minimum Gasteiger partial charge on any atom is -0.404 e. The second kappa shape index (κ2) is 6.51. The Bertz CT molecular complexity index is 450. The number of alkyl halides is 3. The van der Waals surface area contributed by atoms with E-state index in [0.29, 0.717) is 11.9 Å². The number of ether oxygens (including phenoxy) is 1. The van der Waals surface area contributed by atoms with E-state index in [1.54, 1.807) is 6.07 Å². The minimum atomic E-state index is -4.68. The van der Waals surface area contributed by atoms with E-state index in [1.807, 2.05) is 11.9 Å². The van der Waals surface area contributed by atoms with E-state index < -0.39 is 6.36 Å². The Morgan fingerprint density at radius 3 is 2.76 bits per heavy atom. The maximum atomic E-state index is 12.1. The van der Waals surface area contributed by atoms with E-state index in [9.17, 15) is 13.2 Å². The van der Waals surface area contributed by atoms with Crippen molar-refractivity contribution in [1.82, 2.24) is 9.88 Å². The predicted molar refractivity (Wildman–Crippen MR) is 74.5 cm³/mol. The van der Waals surface area contributed by atoms with Crippen molar-refractivity contribution in [1.29, 1.82) is 0 Å². The third-order valence-electron chi connectivity index (χ3n) is 3.74. The van der Waals surface area contributed by atoms with Gasteiger partial charge in [-0.3, -0.25) is 4.90 Å². The molecule has 118 valence electrons. The lowest BCUT2D eigenvalue weighted by Gasteiger charge is -2.28. The van der Waals surface area contributed by atoms with E-state index in [-0.39, 0.29) is 5.75 Å². The molecule has 1 unspecified atom stereocenters. The van der Waals surface area contributed by atoms with Gasteiger partial charge in [0.1, 0.15) is 11.6 Å². The molecule has 0 spiro atoms. The Kier molecular flexibility index (Phi) is 4.92. The summed E-state index contributed by atoms with van der Waals surface area (Å²) in [4.78, 5) is 8.42. The Balaban J connectivity index is 1.95. The van der Waals surface area contributed by atoms with Crippen molar-refractivity contribution >= 4 is 5.82 Å². The standard InChI is InChI=1S/C14H20F3N3O/c1-3-20-8-4-5-11(20)10-19(2)13-7-6-12(9-18-13)21-14(15,16)17/h6-7,9,11H,3-5,8,10H2,1-2H3. The van der Waals surface area contributed by atoms with Gasteiger partial charge in [-0.1, -0.05) is 6.92 Å². The van der Waals surface area contributed by atoms with Crippen LogP contribution in [0.3, 0.4) is 0 Å². The first-order valence-corrected chi connectivity index (χ1v) is 7.06. The van der Waals surface area contributed by atoms with Crippen LogP contribution in [0.2, 0.25) is 0 Å². The molecule has 0 radical (unpaired) electrons. The summed E-state index contributed by atoms with van der Waals surface area (Å²) < 4.78 is 40.1. The number of pyridine rings is 1. The molecule has 2 rings (SSSR count). The summed E-state index contributed by atoms with van der Waals surface area (Å²) in [6, 6.07) is 3.32. The molecule has 21 heavy (non-hydrogen) atoms. The van der Waals surface area contributed by atoms with Crippen LogP contribution in [0.15, 0.2) is 18.3 Å². The van der Waals surface area contributed by atoms with Crippen molar-refractivity contribution in [2.24, 2.45) is 0 Å². The molecule has 4 nitrogen and oxygen atoms in total. The van der Waals surface area contributed by atoms with Crippen LogP contribution in [0.25, 0.3) is 0 Å². The lowest BCUT2D eigenvalue weighted by Crippen LogP contribution is -2.39. The Labute approximate surface area is 122 Å². The number of anilines is 1. The first-order valence-electron chi connectivity index (χ1n) is 7.06. The average Bonchev–Trinajstić information content (AvgIpc) is 2.85. The van der Waals surface area contributed by atoms with Gasteiger partial charge in [-0.25, -0.2) is 4.98 Å². The van der Waals surface area contributed by atoms with E-state index >= 15 is 0 Å². The van der Waals surface area contributed by atoms with Crippen LogP contribution < -0.4 is 9.64 Å². The van der Waals surface area contributed by atoms with Crippen molar-refractivity contribution < 1.29 is 17.9 Å². The molecule has 1 saturated heterocycles. The summed E-state index contributed by atoms with van der Waals surface area (Å²) in [5.74, 6) is 0.350. The van der Waals surface area contributed by atoms with E-state index in [2.05, 4.69) is 21.5 Å². The van der Waals surface area contributed by atoms with Crippen LogP contribution in [0.1, 0.15) is 19.8 Å². The summed E-state index contributed by atoms with van der Waals surface area (Å²) >= 11 is 0. The van der Waals surface area contributed by atoms with E-state index in [0.717, 1.165) is 32.3 Å². The summed E-state index contributed by atoms with van der Waals surface area (Å²) in [5.41, 5.74) is 0. The molecule has 0 amide bonds. The Morgan fingerprint density at radius 2 is 2.19 bits per heavy atom. The van der Waals surface area contributed by atoms with Crippen LogP contribution in [0, 0.1) is 0 Å². The van der Waals surface area contributed by atoms with Gasteiger partial charge in [-0.15, -0.1) is 13.2 Å². The van der Waals surface area contributed by atoms with Crippen molar-refractivity contribution in [2.45, 2.75) is 32.2 Å². The molecule has 0 aliphatic carbocycles. The zero-order chi connectivity index (χ0) is 15.5. The smallest absolute Gasteiger partial charge is 0.404 e. The van der Waals surface area contributed by atoms with Crippen LogP contribution in [-0.2, 0) is 0 Å². The SMILES string of the molecule is CCN1CCCC1CN(C)c1ccc(OC(F)(F)F)cn1. The minimum absolute atomic E-state index is 0.296. The molecule has 1 atom stereocenters. The van der Waals surface area contributed by atoms with Gasteiger partial charge >= 0.3 is 6.36 Å². The second-order valence-electron chi connectivity index (χ2n) is 5.21. The summed E-state index contributed by atoms with van der Waals surface area (Å²) in [6.07, 6.45) is -1.24. The summed E-state index contributed by atoms with van der Waals surface area (Å²) in [5, 5.41) is 0. The highest BCUT2D eigenvalue weighted by atomic mass is 19.4. The van der Waals surface area contributed by atoms with Crippen LogP contribution in [0.5, 0.6) is 5.75 Å². The summed E-state index contributed by atoms with van der Waals surface area (Å²) in [6.45, 7) is 5.09. The fraction of sp³-hybridized carbons (Fsp3) is 0.643. The van der Waals surface area contributed by atoms with Gasteiger partial charge in [-0.05, 0) is 38.1 Å². The molecule has 0 N–H and O–H groups in total. The Hall–Kier alpha value is -1.50. The second-order valence-corrected chi connectivity index (χ2v) is 5.21. The molecule has 2 heterocycles. The van der Waals surface area contributed by atoms with Crippen LogP contribution in [0.4, 0.5) is 19.0 Å². The molecule has 7 heteroatoms. The molecular formula is C14H20F3N3O. The van der Waals surface area contributed by atoms with E-state index in [1.165, 1.54) is 12.5 Å². The average molecular weight is 303 g/mol. The highest BCUT2D eigenvalue weighted by Crippen LogP contribution is 2.24. The molecule has 1 aromatic rings. The zero-order valence-electron chi connectivity index (χ0n) is 12.2. The number of likely N-dealkylation sites (tertiary alicyclic amines) is 1. The topological polar surface area (TPSA) is 28.6 Å². The first kappa shape index (κ1) is 15.9. The highest BCUT2D eigenvalue weighted by molar-refractivity contribution is 5.40. The van der Waals surface area contributed by atoms with Gasteiger partial charge in [0.05, 0.1) is 6.20 Å². The molecule has 1 fully saturated rings. The molecule has 1 aliphatic heterocycles. The first-order chi connectivity index (χ1) is 9.89. The number of halogens is 3. The van der Waals surface area contributed by atoms with Crippen molar-refractivity contribution in [3.05, 3.63) is 18.3 Å². The van der Waals surface area contributed by atoms with Crippen LogP contribution >= 0.6 is 0 Å². The highest BCUT2D eigenvalue weighted by Gasteiger charge is 2.31. The van der Waals surface area contributed by atoms with Gasteiger partial charge in [0.2, 0.25) is 0 Å². The zero-order valence-corrected chi connectivity index (χ0v) is 12.2.